The zero-order chi connectivity index (χ0) is 15.8. The highest BCUT2D eigenvalue weighted by Crippen LogP contribution is 2.42. The molecule has 0 radical (unpaired) electrons. The fourth-order valence-corrected chi connectivity index (χ4v) is 4.58. The van der Waals surface area contributed by atoms with Gasteiger partial charge in [0.15, 0.2) is 0 Å². The van der Waals surface area contributed by atoms with E-state index in [0.29, 0.717) is 6.54 Å². The molecule has 124 valence electrons. The van der Waals surface area contributed by atoms with Crippen LogP contribution in [0.1, 0.15) is 16.0 Å². The van der Waals surface area contributed by atoms with Crippen molar-refractivity contribution in [3.8, 4) is 0 Å². The highest BCUT2D eigenvalue weighted by Gasteiger charge is 2.34. The van der Waals surface area contributed by atoms with Crippen molar-refractivity contribution in [1.82, 2.24) is 4.90 Å². The zero-order valence-corrected chi connectivity index (χ0v) is 14.8. The molecule has 2 aliphatic rings. The Balaban J connectivity index is 0.00000169. The van der Waals surface area contributed by atoms with Crippen LogP contribution in [0.2, 0.25) is 0 Å². The third-order valence-corrected chi connectivity index (χ3v) is 5.58. The largest absolute Gasteiger partial charge is 0.356 e. The maximum atomic E-state index is 11.9. The maximum Gasteiger partial charge on any atom is 0.147 e. The average Bonchev–Trinajstić information content (AvgIpc) is 3.09. The molecule has 0 fully saturated rings. The molecule has 0 aliphatic carbocycles. The van der Waals surface area contributed by atoms with Gasteiger partial charge < -0.3 is 15.4 Å². The molecular formula is C19H19ClN2OS. The maximum absolute atomic E-state index is 11.9. The smallest absolute Gasteiger partial charge is 0.147 e. The van der Waals surface area contributed by atoms with E-state index < -0.39 is 0 Å². The van der Waals surface area contributed by atoms with Gasteiger partial charge in [0.25, 0.3) is 0 Å². The number of fused-ring (bicyclic) bond motifs is 3. The molecule has 0 saturated heterocycles. The van der Waals surface area contributed by atoms with Crippen molar-refractivity contribution in [2.24, 2.45) is 5.73 Å². The summed E-state index contributed by atoms with van der Waals surface area (Å²) in [6.07, 6.45) is 4.16. The Morgan fingerprint density at radius 2 is 2.04 bits per heavy atom. The number of rotatable bonds is 3. The quantitative estimate of drug-likeness (QED) is 0.856. The van der Waals surface area contributed by atoms with Crippen molar-refractivity contribution in [3.05, 3.63) is 69.4 Å². The van der Waals surface area contributed by atoms with Gasteiger partial charge in [-0.05, 0) is 46.2 Å². The van der Waals surface area contributed by atoms with Gasteiger partial charge in [0.2, 0.25) is 0 Å². The number of hydrogen-bond donors (Lipinski definition) is 1. The van der Waals surface area contributed by atoms with Crippen LogP contribution >= 0.6 is 23.7 Å². The van der Waals surface area contributed by atoms with Crippen LogP contribution in [0.25, 0.3) is 11.3 Å². The van der Waals surface area contributed by atoms with Gasteiger partial charge >= 0.3 is 0 Å². The third-order valence-electron chi connectivity index (χ3n) is 4.62. The summed E-state index contributed by atoms with van der Waals surface area (Å²) in [5, 5.41) is 2.13. The van der Waals surface area contributed by atoms with E-state index in [1.165, 1.54) is 10.4 Å². The normalized spacial score (nSPS) is 19.1. The summed E-state index contributed by atoms with van der Waals surface area (Å²) in [5.41, 5.74) is 11.8. The Morgan fingerprint density at radius 1 is 1.25 bits per heavy atom. The van der Waals surface area contributed by atoms with E-state index in [0.717, 1.165) is 41.7 Å². The van der Waals surface area contributed by atoms with Crippen LogP contribution in [0.4, 0.5) is 0 Å². The van der Waals surface area contributed by atoms with Crippen LogP contribution in [0.3, 0.4) is 0 Å². The fourth-order valence-electron chi connectivity index (χ4n) is 3.53. The summed E-state index contributed by atoms with van der Waals surface area (Å²) in [7, 11) is 0. The van der Waals surface area contributed by atoms with Crippen LogP contribution in [0, 0.1) is 0 Å². The van der Waals surface area contributed by atoms with Gasteiger partial charge in [-0.3, -0.25) is 0 Å². The standard InChI is InChI=1S/C19H18N2OS.ClH/c20-11-15-10-16(13-4-2-1-3-5-13)17(12-22)21-8-6-14-7-9-23-19(14)18(15)21;/h1-5,7,9-10,12,17H,6,8,11,20H2;1H. The van der Waals surface area contributed by atoms with Crippen molar-refractivity contribution >= 4 is 41.3 Å². The van der Waals surface area contributed by atoms with E-state index in [9.17, 15) is 4.79 Å². The van der Waals surface area contributed by atoms with Crippen LogP contribution in [-0.4, -0.2) is 30.3 Å². The van der Waals surface area contributed by atoms with Crippen LogP contribution in [0.15, 0.2) is 53.4 Å². The summed E-state index contributed by atoms with van der Waals surface area (Å²) in [5.74, 6) is 0. The highest BCUT2D eigenvalue weighted by atomic mass is 35.5. The molecule has 3 heterocycles. The molecule has 0 bridgehead atoms. The van der Waals surface area contributed by atoms with Crippen LogP contribution < -0.4 is 5.73 Å². The fraction of sp³-hybridized carbons (Fsp3) is 0.211. The number of carbonyl (C=O) groups excluding carboxylic acids is 1. The van der Waals surface area contributed by atoms with Crippen LogP contribution in [0.5, 0.6) is 0 Å². The number of carbonyl (C=O) groups is 1. The first kappa shape index (κ1) is 17.0. The predicted octanol–water partition coefficient (Wildman–Crippen LogP) is 3.36. The molecule has 24 heavy (non-hydrogen) atoms. The van der Waals surface area contributed by atoms with E-state index >= 15 is 0 Å². The summed E-state index contributed by atoms with van der Waals surface area (Å²) in [4.78, 5) is 15.4. The average molecular weight is 359 g/mol. The second-order valence-corrected chi connectivity index (χ2v) is 6.76. The highest BCUT2D eigenvalue weighted by molar-refractivity contribution is 7.11. The number of hydrogen-bond acceptors (Lipinski definition) is 4. The molecule has 2 aromatic rings. The minimum Gasteiger partial charge on any atom is -0.356 e. The SMILES string of the molecule is Cl.NCC1=C2c3sccc3CCN2C(C=O)C(c2ccccc2)=C1. The van der Waals surface area contributed by atoms with E-state index in [1.807, 2.05) is 18.2 Å². The zero-order valence-electron chi connectivity index (χ0n) is 13.1. The molecule has 2 aliphatic heterocycles. The Labute approximate surface area is 151 Å². The van der Waals surface area contributed by atoms with Gasteiger partial charge in [-0.15, -0.1) is 23.7 Å². The Hall–Kier alpha value is -1.88. The summed E-state index contributed by atoms with van der Waals surface area (Å²) >= 11 is 1.74. The summed E-state index contributed by atoms with van der Waals surface area (Å²) in [6.45, 7) is 1.33. The molecule has 4 rings (SSSR count). The number of nitrogens with two attached hydrogens (primary N) is 1. The second-order valence-electron chi connectivity index (χ2n) is 5.84. The molecule has 2 N–H and O–H groups in total. The van der Waals surface area contributed by atoms with Gasteiger partial charge in [0.05, 0.1) is 10.6 Å². The topological polar surface area (TPSA) is 46.3 Å². The van der Waals surface area contributed by atoms with E-state index in [2.05, 4.69) is 34.6 Å². The summed E-state index contributed by atoms with van der Waals surface area (Å²) in [6, 6.07) is 12.1. The van der Waals surface area contributed by atoms with Crippen molar-refractivity contribution in [2.75, 3.05) is 13.1 Å². The number of halogens is 1. The second kappa shape index (κ2) is 6.93. The Morgan fingerprint density at radius 3 is 2.75 bits per heavy atom. The molecule has 1 atom stereocenters. The first-order chi connectivity index (χ1) is 11.3. The molecule has 3 nitrogen and oxygen atoms in total. The van der Waals surface area contributed by atoms with Crippen molar-refractivity contribution in [2.45, 2.75) is 12.5 Å². The first-order valence-electron chi connectivity index (χ1n) is 7.82. The lowest BCUT2D eigenvalue weighted by molar-refractivity contribution is -0.110. The van der Waals surface area contributed by atoms with Gasteiger partial charge in [0.1, 0.15) is 12.3 Å². The molecule has 1 aromatic carbocycles. The molecule has 1 unspecified atom stereocenters. The van der Waals surface area contributed by atoms with E-state index in [1.54, 1.807) is 11.3 Å². The van der Waals surface area contributed by atoms with Crippen LogP contribution in [-0.2, 0) is 11.2 Å². The van der Waals surface area contributed by atoms with Gasteiger partial charge in [-0.2, -0.15) is 0 Å². The first-order valence-corrected chi connectivity index (χ1v) is 8.70. The monoisotopic (exact) mass is 358 g/mol. The number of thiophene rings is 1. The lowest BCUT2D eigenvalue weighted by Gasteiger charge is -2.41. The van der Waals surface area contributed by atoms with E-state index in [-0.39, 0.29) is 18.4 Å². The third kappa shape index (κ3) is 2.61. The van der Waals surface area contributed by atoms with Crippen molar-refractivity contribution in [1.29, 1.82) is 0 Å². The minimum absolute atomic E-state index is 0. The lowest BCUT2D eigenvalue weighted by atomic mass is 9.88. The summed E-state index contributed by atoms with van der Waals surface area (Å²) < 4.78 is 0. The molecule has 0 spiro atoms. The number of nitrogens with zero attached hydrogens (tertiary/aromatic N) is 1. The minimum atomic E-state index is -0.238. The Kier molecular flexibility index (Phi) is 4.90. The van der Waals surface area contributed by atoms with Crippen molar-refractivity contribution in [3.63, 3.8) is 0 Å². The lowest BCUT2D eigenvalue weighted by Crippen LogP contribution is -2.42. The number of aldehydes is 1. The molecule has 0 amide bonds. The number of benzene rings is 1. The molecule has 0 saturated carbocycles. The van der Waals surface area contributed by atoms with E-state index in [4.69, 9.17) is 5.73 Å². The predicted molar refractivity (Wildman–Crippen MR) is 102 cm³/mol. The molecule has 5 heteroatoms. The van der Waals surface area contributed by atoms with Gasteiger partial charge in [-0.25, -0.2) is 0 Å². The van der Waals surface area contributed by atoms with Gasteiger partial charge in [-0.1, -0.05) is 30.3 Å². The van der Waals surface area contributed by atoms with Gasteiger partial charge in [0, 0.05) is 13.1 Å². The Bertz CT molecular complexity index is 810. The molecule has 1 aromatic heterocycles. The molecular weight excluding hydrogens is 340 g/mol. The van der Waals surface area contributed by atoms with Crippen molar-refractivity contribution < 1.29 is 4.79 Å².